The Hall–Kier alpha value is -3.60. The summed E-state index contributed by atoms with van der Waals surface area (Å²) in [7, 11) is 1.83. The van der Waals surface area contributed by atoms with Gasteiger partial charge in [-0.3, -0.25) is 9.78 Å². The molecular weight excluding hydrogens is 328 g/mol. The number of aromatic nitrogens is 1. The monoisotopic (exact) mass is 344 g/mol. The fraction of sp³-hybridized carbons (Fsp3) is 0.0476. The van der Waals surface area contributed by atoms with Gasteiger partial charge in [-0.1, -0.05) is 30.3 Å². The quantitative estimate of drug-likeness (QED) is 0.599. The van der Waals surface area contributed by atoms with Gasteiger partial charge in [0.15, 0.2) is 11.0 Å². The molecule has 2 heterocycles. The van der Waals surface area contributed by atoms with Crippen molar-refractivity contribution in [2.75, 3.05) is 11.9 Å². The predicted octanol–water partition coefficient (Wildman–Crippen LogP) is 4.33. The minimum absolute atomic E-state index is 0.0805. The number of hydrogen-bond acceptors (Lipinski definition) is 5. The first kappa shape index (κ1) is 15.9. The molecule has 1 N–H and O–H groups in total. The molecule has 0 saturated carbocycles. The molecule has 4 aromatic rings. The Kier molecular flexibility index (Phi) is 3.89. The second-order valence-corrected chi connectivity index (χ2v) is 5.90. The second kappa shape index (κ2) is 6.37. The third-order valence-corrected chi connectivity index (χ3v) is 4.26. The van der Waals surface area contributed by atoms with Crippen molar-refractivity contribution >= 4 is 22.5 Å². The molecule has 5 nitrogen and oxygen atoms in total. The van der Waals surface area contributed by atoms with Gasteiger partial charge in [-0.05, 0) is 30.3 Å². The first-order chi connectivity index (χ1) is 12.6. The fourth-order valence-electron chi connectivity index (χ4n) is 2.88. The van der Waals surface area contributed by atoms with Gasteiger partial charge in [0, 0.05) is 30.6 Å². The zero-order chi connectivity index (χ0) is 18.1. The van der Waals surface area contributed by atoms with Crippen LogP contribution in [0.1, 0.15) is 0 Å². The highest BCUT2D eigenvalue weighted by molar-refractivity contribution is 5.91. The molecule has 0 spiro atoms. The number of rotatable bonds is 3. The van der Waals surface area contributed by atoms with E-state index in [2.05, 4.69) is 4.98 Å². The molecule has 0 aliphatic heterocycles. The van der Waals surface area contributed by atoms with Crippen molar-refractivity contribution in [1.29, 1.82) is 0 Å². The Bertz CT molecular complexity index is 1140. The van der Waals surface area contributed by atoms with Crippen LogP contribution >= 0.6 is 0 Å². The van der Waals surface area contributed by atoms with E-state index < -0.39 is 0 Å². The number of aromatic hydroxyl groups is 1. The third kappa shape index (κ3) is 2.69. The van der Waals surface area contributed by atoms with Crippen molar-refractivity contribution in [3.05, 3.63) is 83.2 Å². The molecule has 0 fully saturated rings. The highest BCUT2D eigenvalue weighted by Crippen LogP contribution is 2.34. The predicted molar refractivity (Wildman–Crippen MR) is 102 cm³/mol. The van der Waals surface area contributed by atoms with Gasteiger partial charge in [-0.25, -0.2) is 0 Å². The lowest BCUT2D eigenvalue weighted by Crippen LogP contribution is -2.13. The van der Waals surface area contributed by atoms with Crippen molar-refractivity contribution in [2.45, 2.75) is 0 Å². The van der Waals surface area contributed by atoms with Crippen LogP contribution in [-0.2, 0) is 0 Å². The number of pyridine rings is 1. The highest BCUT2D eigenvalue weighted by atomic mass is 16.4. The van der Waals surface area contributed by atoms with Crippen molar-refractivity contribution in [1.82, 2.24) is 4.98 Å². The van der Waals surface area contributed by atoms with E-state index in [1.54, 1.807) is 41.4 Å². The summed E-state index contributed by atoms with van der Waals surface area (Å²) in [4.78, 5) is 18.8. The molecule has 0 bridgehead atoms. The van der Waals surface area contributed by atoms with Gasteiger partial charge in [0.2, 0.25) is 5.88 Å². The molecule has 0 saturated heterocycles. The maximum absolute atomic E-state index is 12.6. The average molecular weight is 344 g/mol. The Morgan fingerprint density at radius 2 is 1.73 bits per heavy atom. The number of para-hydroxylation sites is 2. The van der Waals surface area contributed by atoms with Crippen LogP contribution in [0.3, 0.4) is 0 Å². The summed E-state index contributed by atoms with van der Waals surface area (Å²) in [5.41, 5.74) is 2.02. The van der Waals surface area contributed by atoms with E-state index in [-0.39, 0.29) is 11.2 Å². The molecule has 2 aromatic carbocycles. The van der Waals surface area contributed by atoms with Crippen molar-refractivity contribution in [2.24, 2.45) is 0 Å². The molecular formula is C21H16N2O3. The number of phenolic OH excluding ortho intramolecular Hbond substituents is 1. The van der Waals surface area contributed by atoms with Crippen molar-refractivity contribution in [3.8, 4) is 17.0 Å². The van der Waals surface area contributed by atoms with Crippen molar-refractivity contribution < 1.29 is 9.52 Å². The largest absolute Gasteiger partial charge is 0.507 e. The molecule has 26 heavy (non-hydrogen) atoms. The van der Waals surface area contributed by atoms with Gasteiger partial charge >= 0.3 is 0 Å². The molecule has 5 heteroatoms. The molecule has 0 radical (unpaired) electrons. The lowest BCUT2D eigenvalue weighted by Gasteiger charge is -2.18. The highest BCUT2D eigenvalue weighted by Gasteiger charge is 2.16. The standard InChI is InChI=1S/C21H16N2O3/c1-23(14-7-3-2-4-8-14)19-13-18(25)16-11-12-22-20(21(16)26-19)15-9-5-6-10-17(15)24/h2-13,24H,1H3. The molecule has 0 amide bonds. The zero-order valence-electron chi connectivity index (χ0n) is 14.1. The van der Waals surface area contributed by atoms with Crippen LogP contribution in [0.15, 0.2) is 82.1 Å². The second-order valence-electron chi connectivity index (χ2n) is 5.90. The SMILES string of the molecule is CN(c1ccccc1)c1cc(=O)c2ccnc(-c3ccccc3O)c2o1. The number of benzene rings is 2. The van der Waals surface area contributed by atoms with Crippen molar-refractivity contribution in [3.63, 3.8) is 0 Å². The third-order valence-electron chi connectivity index (χ3n) is 4.26. The Balaban J connectivity index is 1.95. The van der Waals surface area contributed by atoms with Gasteiger partial charge < -0.3 is 14.4 Å². The molecule has 0 aliphatic carbocycles. The van der Waals surface area contributed by atoms with Gasteiger partial charge in [0.05, 0.1) is 5.39 Å². The molecule has 4 rings (SSSR count). The van der Waals surface area contributed by atoms with E-state index in [0.29, 0.717) is 28.1 Å². The number of hydrogen-bond donors (Lipinski definition) is 1. The van der Waals surface area contributed by atoms with Crippen LogP contribution in [0.4, 0.5) is 11.6 Å². The lowest BCUT2D eigenvalue weighted by atomic mass is 10.1. The summed E-state index contributed by atoms with van der Waals surface area (Å²) in [6, 6.07) is 19.5. The number of fused-ring (bicyclic) bond motifs is 1. The van der Waals surface area contributed by atoms with Crippen LogP contribution < -0.4 is 10.3 Å². The molecule has 128 valence electrons. The molecule has 0 unspecified atom stereocenters. The van der Waals surface area contributed by atoms with Crippen LogP contribution in [0.2, 0.25) is 0 Å². The summed E-state index contributed by atoms with van der Waals surface area (Å²) >= 11 is 0. The fourth-order valence-corrected chi connectivity index (χ4v) is 2.88. The lowest BCUT2D eigenvalue weighted by molar-refractivity contribution is 0.477. The summed E-state index contributed by atoms with van der Waals surface area (Å²) in [6.45, 7) is 0. The van der Waals surface area contributed by atoms with E-state index in [0.717, 1.165) is 5.69 Å². The smallest absolute Gasteiger partial charge is 0.204 e. The van der Waals surface area contributed by atoms with E-state index in [9.17, 15) is 9.90 Å². The van der Waals surface area contributed by atoms with Crippen LogP contribution in [-0.4, -0.2) is 17.1 Å². The van der Waals surface area contributed by atoms with Crippen LogP contribution in [0.5, 0.6) is 5.75 Å². The number of nitrogens with zero attached hydrogens (tertiary/aromatic N) is 2. The minimum atomic E-state index is -0.164. The summed E-state index contributed by atoms with van der Waals surface area (Å²) in [6.07, 6.45) is 1.54. The average Bonchev–Trinajstić information content (AvgIpc) is 2.68. The number of phenols is 1. The topological polar surface area (TPSA) is 66.6 Å². The molecule has 2 aromatic heterocycles. The summed E-state index contributed by atoms with van der Waals surface area (Å²) in [5, 5.41) is 10.6. The first-order valence-electron chi connectivity index (χ1n) is 8.15. The Morgan fingerprint density at radius 1 is 1.00 bits per heavy atom. The Labute approximate surface area is 149 Å². The maximum atomic E-state index is 12.6. The molecule has 0 aliphatic rings. The summed E-state index contributed by atoms with van der Waals surface area (Å²) in [5.74, 6) is 0.482. The normalized spacial score (nSPS) is 10.8. The maximum Gasteiger partial charge on any atom is 0.204 e. The van der Waals surface area contributed by atoms with Gasteiger partial charge in [-0.15, -0.1) is 0 Å². The summed E-state index contributed by atoms with van der Waals surface area (Å²) < 4.78 is 6.05. The number of anilines is 2. The van der Waals surface area contributed by atoms with E-state index >= 15 is 0 Å². The van der Waals surface area contributed by atoms with Crippen LogP contribution in [0, 0.1) is 0 Å². The van der Waals surface area contributed by atoms with Gasteiger partial charge in [-0.2, -0.15) is 0 Å². The Morgan fingerprint density at radius 3 is 2.50 bits per heavy atom. The first-order valence-corrected chi connectivity index (χ1v) is 8.15. The van der Waals surface area contributed by atoms with Gasteiger partial charge in [0.25, 0.3) is 0 Å². The van der Waals surface area contributed by atoms with E-state index in [1.807, 2.05) is 37.4 Å². The van der Waals surface area contributed by atoms with E-state index in [4.69, 9.17) is 4.42 Å². The van der Waals surface area contributed by atoms with Gasteiger partial charge in [0.1, 0.15) is 11.4 Å². The zero-order valence-corrected chi connectivity index (χ0v) is 14.1. The molecule has 0 atom stereocenters. The van der Waals surface area contributed by atoms with Crippen LogP contribution in [0.25, 0.3) is 22.2 Å². The minimum Gasteiger partial charge on any atom is -0.507 e. The van der Waals surface area contributed by atoms with E-state index in [1.165, 1.54) is 6.07 Å².